The molecule has 1 saturated heterocycles. The predicted octanol–water partition coefficient (Wildman–Crippen LogP) is 6.88. The molecule has 4 aliphatic rings. The predicted molar refractivity (Wildman–Crippen MR) is 134 cm³/mol. The average molecular weight is 524 g/mol. The lowest BCUT2D eigenvalue weighted by molar-refractivity contribution is -0.138. The van der Waals surface area contributed by atoms with Crippen LogP contribution in [0.15, 0.2) is 12.1 Å². The molecule has 37 heavy (non-hydrogen) atoms. The van der Waals surface area contributed by atoms with Gasteiger partial charge in [0.2, 0.25) is 0 Å². The van der Waals surface area contributed by atoms with Gasteiger partial charge in [0.25, 0.3) is 18.3 Å². The Labute approximate surface area is 218 Å². The van der Waals surface area contributed by atoms with Crippen molar-refractivity contribution >= 4 is 12.4 Å². The van der Waals surface area contributed by atoms with Crippen molar-refractivity contribution in [3.8, 4) is 5.75 Å². The van der Waals surface area contributed by atoms with E-state index >= 15 is 0 Å². The first-order valence-electron chi connectivity index (χ1n) is 13.5. The van der Waals surface area contributed by atoms with Crippen LogP contribution in [0.5, 0.6) is 5.75 Å². The van der Waals surface area contributed by atoms with Gasteiger partial charge in [0.05, 0.1) is 12.2 Å². The van der Waals surface area contributed by atoms with Crippen LogP contribution in [0.4, 0.5) is 13.2 Å². The van der Waals surface area contributed by atoms with Gasteiger partial charge in [-0.05, 0) is 89.7 Å². The number of hydrogen-bond acceptors (Lipinski definition) is 4. The minimum absolute atomic E-state index is 0.0283. The van der Waals surface area contributed by atoms with Crippen LogP contribution in [-0.4, -0.2) is 48.5 Å². The van der Waals surface area contributed by atoms with E-state index in [1.165, 1.54) is 6.07 Å². The average Bonchev–Trinajstić information content (AvgIpc) is 3.66. The molecule has 4 fully saturated rings. The van der Waals surface area contributed by atoms with Gasteiger partial charge in [-0.1, -0.05) is 6.92 Å². The number of halogens is 3. The van der Waals surface area contributed by atoms with Crippen molar-refractivity contribution in [3.63, 3.8) is 0 Å². The van der Waals surface area contributed by atoms with E-state index in [4.69, 9.17) is 4.74 Å². The van der Waals surface area contributed by atoms with Crippen molar-refractivity contribution in [1.29, 1.82) is 0 Å². The van der Waals surface area contributed by atoms with Gasteiger partial charge in [0.15, 0.2) is 0 Å². The van der Waals surface area contributed by atoms with E-state index < -0.39 is 17.2 Å². The number of alkyl halides is 2. The van der Waals surface area contributed by atoms with Gasteiger partial charge in [-0.2, -0.15) is 0 Å². The fourth-order valence-corrected chi connectivity index (χ4v) is 5.46. The van der Waals surface area contributed by atoms with E-state index in [9.17, 15) is 22.8 Å². The number of benzene rings is 1. The van der Waals surface area contributed by atoms with Gasteiger partial charge in [0, 0.05) is 36.4 Å². The monoisotopic (exact) mass is 523 g/mol. The van der Waals surface area contributed by atoms with Crippen molar-refractivity contribution in [3.05, 3.63) is 29.1 Å². The molecule has 3 saturated carbocycles. The molecule has 0 bridgehead atoms. The molecule has 8 heteroatoms. The Hall–Kier alpha value is -2.25. The molecule has 0 atom stereocenters. The van der Waals surface area contributed by atoms with Crippen LogP contribution in [0.2, 0.25) is 0 Å². The van der Waals surface area contributed by atoms with Crippen molar-refractivity contribution in [2.24, 2.45) is 10.8 Å². The summed E-state index contributed by atoms with van der Waals surface area (Å²) in [5.41, 5.74) is -0.195. The van der Waals surface area contributed by atoms with E-state index in [2.05, 4.69) is 11.7 Å². The van der Waals surface area contributed by atoms with Gasteiger partial charge < -0.3 is 14.4 Å². The normalized spacial score (nSPS) is 28.4. The quantitative estimate of drug-likeness (QED) is 0.382. The van der Waals surface area contributed by atoms with Crippen LogP contribution >= 0.6 is 0 Å². The Morgan fingerprint density at radius 3 is 2.16 bits per heavy atom. The van der Waals surface area contributed by atoms with Crippen LogP contribution in [0.25, 0.3) is 0 Å². The Morgan fingerprint density at radius 2 is 1.70 bits per heavy atom. The van der Waals surface area contributed by atoms with E-state index in [1.54, 1.807) is 11.0 Å². The smallest absolute Gasteiger partial charge is 0.293 e. The number of hydrogen-bond donors (Lipinski definition) is 0. The van der Waals surface area contributed by atoms with Gasteiger partial charge in [-0.25, -0.2) is 13.2 Å². The zero-order chi connectivity index (χ0) is 27.1. The molecule has 1 aliphatic heterocycles. The van der Waals surface area contributed by atoms with Gasteiger partial charge in [-0.3, -0.25) is 9.59 Å². The fraction of sp³-hybridized carbons (Fsp3) is 0.724. The molecule has 1 spiro atoms. The lowest BCUT2D eigenvalue weighted by Gasteiger charge is -2.37. The largest absolute Gasteiger partial charge is 0.493 e. The molecule has 0 aromatic heterocycles. The van der Waals surface area contributed by atoms with Gasteiger partial charge in [-0.15, -0.1) is 0 Å². The van der Waals surface area contributed by atoms with Crippen LogP contribution in [0.1, 0.15) is 107 Å². The minimum atomic E-state index is -2.49. The third-order valence-corrected chi connectivity index (χ3v) is 8.34. The molecular weight excluding hydrogens is 483 g/mol. The Balaban J connectivity index is 0.000000405. The zero-order valence-electron chi connectivity index (χ0n) is 22.5. The number of carbonyl (C=O) groups excluding carboxylic acids is 2. The second kappa shape index (κ2) is 10.1. The molecular formula is C29H40F3NO4. The summed E-state index contributed by atoms with van der Waals surface area (Å²) in [5, 5.41) is 0. The molecule has 5 rings (SSSR count). The van der Waals surface area contributed by atoms with E-state index in [0.29, 0.717) is 63.5 Å². The maximum atomic E-state index is 14.9. The van der Waals surface area contributed by atoms with Crippen molar-refractivity contribution in [1.82, 2.24) is 4.90 Å². The SMILES string of the molecule is CC(C)(C)OC=O.CC1(COc2cc(F)c(C(=O)N3CCCC3)cc2C2CC2)CCC2(CC1)CC2(F)F. The highest BCUT2D eigenvalue weighted by Gasteiger charge is 2.71. The molecule has 206 valence electrons. The fourth-order valence-electron chi connectivity index (χ4n) is 5.46. The van der Waals surface area contributed by atoms with E-state index in [-0.39, 0.29) is 28.9 Å². The van der Waals surface area contributed by atoms with Crippen LogP contribution in [0, 0.1) is 16.6 Å². The molecule has 0 unspecified atom stereocenters. The summed E-state index contributed by atoms with van der Waals surface area (Å²) in [6, 6.07) is 3.08. The van der Waals surface area contributed by atoms with E-state index in [1.807, 2.05) is 20.8 Å². The van der Waals surface area contributed by atoms with Crippen LogP contribution in [-0.2, 0) is 9.53 Å². The summed E-state index contributed by atoms with van der Waals surface area (Å²) >= 11 is 0. The lowest BCUT2D eigenvalue weighted by Crippen LogP contribution is -2.33. The number of carbonyl (C=O) groups is 2. The highest BCUT2D eigenvalue weighted by molar-refractivity contribution is 5.95. The molecule has 1 amide bonds. The summed E-state index contributed by atoms with van der Waals surface area (Å²) in [7, 11) is 0. The topological polar surface area (TPSA) is 55.8 Å². The number of amides is 1. The number of ether oxygens (including phenoxy) is 2. The molecule has 1 heterocycles. The van der Waals surface area contributed by atoms with Gasteiger partial charge in [0.1, 0.15) is 17.2 Å². The van der Waals surface area contributed by atoms with Crippen LogP contribution < -0.4 is 4.74 Å². The number of nitrogens with zero attached hydrogens (tertiary/aromatic N) is 1. The zero-order valence-corrected chi connectivity index (χ0v) is 22.5. The summed E-state index contributed by atoms with van der Waals surface area (Å²) in [6.45, 7) is 9.78. The Morgan fingerprint density at radius 1 is 1.11 bits per heavy atom. The van der Waals surface area contributed by atoms with E-state index in [0.717, 1.165) is 31.2 Å². The van der Waals surface area contributed by atoms with Gasteiger partial charge >= 0.3 is 0 Å². The summed E-state index contributed by atoms with van der Waals surface area (Å²) in [5.74, 6) is -2.41. The number of rotatable bonds is 6. The molecule has 0 N–H and O–H groups in total. The van der Waals surface area contributed by atoms with Crippen molar-refractivity contribution in [2.45, 2.75) is 103 Å². The maximum Gasteiger partial charge on any atom is 0.293 e. The Bertz CT molecular complexity index is 1000. The first-order valence-corrected chi connectivity index (χ1v) is 13.5. The molecule has 5 nitrogen and oxygen atoms in total. The first kappa shape index (κ1) is 27.8. The number of likely N-dealkylation sites (tertiary alicyclic amines) is 1. The third-order valence-electron chi connectivity index (χ3n) is 8.34. The maximum absolute atomic E-state index is 14.9. The highest BCUT2D eigenvalue weighted by Crippen LogP contribution is 2.69. The molecule has 3 aliphatic carbocycles. The highest BCUT2D eigenvalue weighted by atomic mass is 19.3. The first-order chi connectivity index (χ1) is 17.3. The molecule has 0 radical (unpaired) electrons. The summed E-state index contributed by atoms with van der Waals surface area (Å²) in [6.07, 6.45) is 6.49. The minimum Gasteiger partial charge on any atom is -0.493 e. The summed E-state index contributed by atoms with van der Waals surface area (Å²) in [4.78, 5) is 24.1. The third kappa shape index (κ3) is 6.43. The van der Waals surface area contributed by atoms with Crippen LogP contribution in [0.3, 0.4) is 0 Å². The standard InChI is InChI=1S/C24H30F3NO2.C5H10O2/c1-22(6-8-23(9-7-22)14-24(23,26)27)15-30-20-13-19(25)18(12-17(20)16-4-5-16)21(29)28-10-2-3-11-28;1-5(2,3)7-4-6/h12-13,16H,2-11,14-15H2,1H3;4H,1-3H3. The van der Waals surface area contributed by atoms with Crippen molar-refractivity contribution < 1.29 is 32.2 Å². The lowest BCUT2D eigenvalue weighted by atomic mass is 9.70. The molecule has 1 aromatic carbocycles. The molecule has 1 aromatic rings. The summed E-state index contributed by atoms with van der Waals surface area (Å²) < 4.78 is 52.9. The van der Waals surface area contributed by atoms with Crippen molar-refractivity contribution in [2.75, 3.05) is 19.7 Å². The second-order valence-corrected chi connectivity index (χ2v) is 12.7. The second-order valence-electron chi connectivity index (χ2n) is 12.7. The Kier molecular flexibility index (Phi) is 7.61.